The van der Waals surface area contributed by atoms with Gasteiger partial charge in [0.15, 0.2) is 0 Å². The first-order valence-corrected chi connectivity index (χ1v) is 4.02. The molecular formula is C10H14O2. The van der Waals surface area contributed by atoms with Crippen LogP contribution in [0, 0.1) is 6.92 Å². The maximum absolute atomic E-state index is 5.45. The summed E-state index contributed by atoms with van der Waals surface area (Å²) in [5.74, 6) is 0.939. The van der Waals surface area contributed by atoms with Gasteiger partial charge >= 0.3 is 0 Å². The Hall–Kier alpha value is -1.02. The lowest BCUT2D eigenvalue weighted by molar-refractivity contribution is 0.146. The number of hydrogen-bond acceptors (Lipinski definition) is 2. The number of hydrogen-bond donors (Lipinski definition) is 0. The van der Waals surface area contributed by atoms with Crippen molar-refractivity contribution in [2.75, 3.05) is 20.3 Å². The van der Waals surface area contributed by atoms with Crippen molar-refractivity contribution in [3.8, 4) is 5.75 Å². The van der Waals surface area contributed by atoms with Crippen LogP contribution in [0.1, 0.15) is 5.56 Å². The Morgan fingerprint density at radius 1 is 1.17 bits per heavy atom. The maximum Gasteiger partial charge on any atom is 0.122 e. The molecule has 0 amide bonds. The minimum atomic E-state index is 0.612. The van der Waals surface area contributed by atoms with E-state index < -0.39 is 0 Å². The molecule has 0 fully saturated rings. The van der Waals surface area contributed by atoms with E-state index in [9.17, 15) is 0 Å². The Bertz CT molecular complexity index is 233. The summed E-state index contributed by atoms with van der Waals surface area (Å²) in [5.41, 5.74) is 1.16. The van der Waals surface area contributed by atoms with Crippen LogP contribution in [0.4, 0.5) is 0 Å². The fraction of sp³-hybridized carbons (Fsp3) is 0.400. The highest BCUT2D eigenvalue weighted by Gasteiger charge is 1.95. The molecule has 0 N–H and O–H groups in total. The van der Waals surface area contributed by atoms with Crippen LogP contribution in [0.3, 0.4) is 0 Å². The van der Waals surface area contributed by atoms with Crippen LogP contribution < -0.4 is 4.74 Å². The third kappa shape index (κ3) is 2.55. The molecule has 0 atom stereocenters. The van der Waals surface area contributed by atoms with Crippen molar-refractivity contribution in [2.45, 2.75) is 6.92 Å². The van der Waals surface area contributed by atoms with Crippen LogP contribution in [0.2, 0.25) is 0 Å². The smallest absolute Gasteiger partial charge is 0.122 e. The van der Waals surface area contributed by atoms with E-state index in [0.29, 0.717) is 13.2 Å². The fourth-order valence-corrected chi connectivity index (χ4v) is 0.953. The fourth-order valence-electron chi connectivity index (χ4n) is 0.953. The lowest BCUT2D eigenvalue weighted by Crippen LogP contribution is -2.04. The van der Waals surface area contributed by atoms with E-state index in [2.05, 4.69) is 0 Å². The first kappa shape index (κ1) is 9.07. The topological polar surface area (TPSA) is 18.5 Å². The Kier molecular flexibility index (Phi) is 3.61. The summed E-state index contributed by atoms with van der Waals surface area (Å²) in [6.07, 6.45) is 0. The molecule has 1 aromatic rings. The van der Waals surface area contributed by atoms with Gasteiger partial charge in [0.25, 0.3) is 0 Å². The first-order chi connectivity index (χ1) is 5.84. The number of aryl methyl sites for hydroxylation is 1. The van der Waals surface area contributed by atoms with Crippen LogP contribution in [0.5, 0.6) is 5.75 Å². The summed E-state index contributed by atoms with van der Waals surface area (Å²) in [7, 11) is 1.67. The van der Waals surface area contributed by atoms with E-state index in [4.69, 9.17) is 9.47 Å². The van der Waals surface area contributed by atoms with Crippen molar-refractivity contribution < 1.29 is 9.47 Å². The van der Waals surface area contributed by atoms with Crippen LogP contribution in [0.25, 0.3) is 0 Å². The van der Waals surface area contributed by atoms with E-state index in [0.717, 1.165) is 11.3 Å². The zero-order chi connectivity index (χ0) is 8.81. The zero-order valence-corrected chi connectivity index (χ0v) is 7.54. The molecule has 0 aliphatic carbocycles. The van der Waals surface area contributed by atoms with Crippen LogP contribution in [0.15, 0.2) is 24.3 Å². The molecule has 0 aliphatic rings. The van der Waals surface area contributed by atoms with E-state index in [1.165, 1.54) is 0 Å². The van der Waals surface area contributed by atoms with Gasteiger partial charge in [0.2, 0.25) is 0 Å². The van der Waals surface area contributed by atoms with Gasteiger partial charge in [-0.2, -0.15) is 0 Å². The standard InChI is InChI=1S/C10H14O2/c1-9-5-3-4-6-10(9)12-8-7-11-2/h3-6H,7-8H2,1-2H3. The third-order valence-electron chi connectivity index (χ3n) is 1.64. The summed E-state index contributed by atoms with van der Waals surface area (Å²) >= 11 is 0. The Morgan fingerprint density at radius 3 is 2.58 bits per heavy atom. The largest absolute Gasteiger partial charge is 0.491 e. The predicted molar refractivity (Wildman–Crippen MR) is 48.6 cm³/mol. The number of para-hydroxylation sites is 1. The Morgan fingerprint density at radius 2 is 1.92 bits per heavy atom. The number of ether oxygens (including phenoxy) is 2. The highest BCUT2D eigenvalue weighted by molar-refractivity contribution is 5.31. The minimum absolute atomic E-state index is 0.612. The molecule has 0 saturated carbocycles. The average Bonchev–Trinajstić information content (AvgIpc) is 2.09. The second-order valence-electron chi connectivity index (χ2n) is 2.61. The van der Waals surface area contributed by atoms with Gasteiger partial charge in [0.1, 0.15) is 12.4 Å². The molecule has 0 bridgehead atoms. The molecule has 2 nitrogen and oxygen atoms in total. The van der Waals surface area contributed by atoms with Gasteiger partial charge in [0, 0.05) is 7.11 Å². The highest BCUT2D eigenvalue weighted by Crippen LogP contribution is 2.15. The number of rotatable bonds is 4. The van der Waals surface area contributed by atoms with Crippen molar-refractivity contribution in [1.82, 2.24) is 0 Å². The molecular weight excluding hydrogens is 152 g/mol. The van der Waals surface area contributed by atoms with Gasteiger partial charge in [-0.15, -0.1) is 0 Å². The predicted octanol–water partition coefficient (Wildman–Crippen LogP) is 2.02. The van der Waals surface area contributed by atoms with Gasteiger partial charge < -0.3 is 9.47 Å². The van der Waals surface area contributed by atoms with Crippen molar-refractivity contribution in [3.05, 3.63) is 29.8 Å². The average molecular weight is 166 g/mol. The highest BCUT2D eigenvalue weighted by atomic mass is 16.5. The molecule has 2 heteroatoms. The van der Waals surface area contributed by atoms with Gasteiger partial charge in [-0.25, -0.2) is 0 Å². The minimum Gasteiger partial charge on any atom is -0.491 e. The van der Waals surface area contributed by atoms with E-state index >= 15 is 0 Å². The summed E-state index contributed by atoms with van der Waals surface area (Å²) in [6, 6.07) is 7.96. The molecule has 0 aliphatic heterocycles. The van der Waals surface area contributed by atoms with Crippen LogP contribution in [-0.4, -0.2) is 20.3 Å². The van der Waals surface area contributed by atoms with Crippen LogP contribution in [-0.2, 0) is 4.74 Å². The second-order valence-corrected chi connectivity index (χ2v) is 2.61. The number of methoxy groups -OCH3 is 1. The van der Waals surface area contributed by atoms with Crippen molar-refractivity contribution >= 4 is 0 Å². The van der Waals surface area contributed by atoms with E-state index in [1.54, 1.807) is 7.11 Å². The molecule has 0 unspecified atom stereocenters. The monoisotopic (exact) mass is 166 g/mol. The Labute approximate surface area is 73.1 Å². The molecule has 0 heterocycles. The molecule has 0 saturated heterocycles. The maximum atomic E-state index is 5.45. The van der Waals surface area contributed by atoms with Gasteiger partial charge in [-0.1, -0.05) is 18.2 Å². The SMILES string of the molecule is COCCOc1ccccc1C. The van der Waals surface area contributed by atoms with Gasteiger partial charge in [0.05, 0.1) is 6.61 Å². The van der Waals surface area contributed by atoms with E-state index in [1.807, 2.05) is 31.2 Å². The second kappa shape index (κ2) is 4.78. The zero-order valence-electron chi connectivity index (χ0n) is 7.54. The molecule has 66 valence electrons. The summed E-state index contributed by atoms with van der Waals surface area (Å²) < 4.78 is 10.3. The summed E-state index contributed by atoms with van der Waals surface area (Å²) in [6.45, 7) is 3.28. The quantitative estimate of drug-likeness (QED) is 0.637. The molecule has 0 radical (unpaired) electrons. The summed E-state index contributed by atoms with van der Waals surface area (Å²) in [4.78, 5) is 0. The Balaban J connectivity index is 2.46. The van der Waals surface area contributed by atoms with Crippen molar-refractivity contribution in [3.63, 3.8) is 0 Å². The molecule has 1 aromatic carbocycles. The van der Waals surface area contributed by atoms with Crippen molar-refractivity contribution in [1.29, 1.82) is 0 Å². The number of benzene rings is 1. The van der Waals surface area contributed by atoms with Crippen LogP contribution >= 0.6 is 0 Å². The third-order valence-corrected chi connectivity index (χ3v) is 1.64. The summed E-state index contributed by atoms with van der Waals surface area (Å²) in [5, 5.41) is 0. The lowest BCUT2D eigenvalue weighted by Gasteiger charge is -2.07. The van der Waals surface area contributed by atoms with Gasteiger partial charge in [-0.05, 0) is 18.6 Å². The molecule has 0 spiro atoms. The lowest BCUT2D eigenvalue weighted by atomic mass is 10.2. The molecule has 0 aromatic heterocycles. The normalized spacial score (nSPS) is 9.83. The van der Waals surface area contributed by atoms with Crippen molar-refractivity contribution in [2.24, 2.45) is 0 Å². The first-order valence-electron chi connectivity index (χ1n) is 4.02. The van der Waals surface area contributed by atoms with Gasteiger partial charge in [-0.3, -0.25) is 0 Å². The molecule has 12 heavy (non-hydrogen) atoms. The molecule has 1 rings (SSSR count). The van der Waals surface area contributed by atoms with E-state index in [-0.39, 0.29) is 0 Å².